The molecule has 0 aliphatic rings. The molecule has 0 fully saturated rings. The highest BCUT2D eigenvalue weighted by Crippen LogP contribution is 2.12. The van der Waals surface area contributed by atoms with Crippen molar-refractivity contribution in [1.82, 2.24) is 4.57 Å². The van der Waals surface area contributed by atoms with Crippen LogP contribution in [0.15, 0.2) is 53.5 Å². The molecule has 4 nitrogen and oxygen atoms in total. The minimum atomic E-state index is -1.10. The van der Waals surface area contributed by atoms with E-state index in [-0.39, 0.29) is 12.1 Å². The number of aromatic nitrogens is 1. The van der Waals surface area contributed by atoms with Crippen LogP contribution < -0.4 is 5.56 Å². The summed E-state index contributed by atoms with van der Waals surface area (Å²) in [4.78, 5) is 22.0. The second kappa shape index (κ2) is 5.97. The predicted molar refractivity (Wildman–Crippen MR) is 72.9 cm³/mol. The normalized spacial score (nSPS) is 10.8. The molecule has 0 saturated carbocycles. The van der Waals surface area contributed by atoms with E-state index in [1.165, 1.54) is 28.8 Å². The Kier molecular flexibility index (Phi) is 4.10. The summed E-state index contributed by atoms with van der Waals surface area (Å²) in [5.74, 6) is -1.58. The molecular formula is C15H12FNO3. The Morgan fingerprint density at radius 2 is 2.10 bits per heavy atom. The first-order valence-corrected chi connectivity index (χ1v) is 5.90. The quantitative estimate of drug-likeness (QED) is 0.868. The van der Waals surface area contributed by atoms with Crippen molar-refractivity contribution in [3.63, 3.8) is 0 Å². The minimum Gasteiger partial charge on any atom is -0.478 e. The van der Waals surface area contributed by atoms with Gasteiger partial charge >= 0.3 is 5.97 Å². The minimum absolute atomic E-state index is 0.181. The number of rotatable bonds is 4. The van der Waals surface area contributed by atoms with Gasteiger partial charge in [0.15, 0.2) is 0 Å². The molecule has 0 spiro atoms. The lowest BCUT2D eigenvalue weighted by molar-refractivity contribution is -0.131. The standard InChI is InChI=1S/C15H12FNO3/c16-13-8-11(4-5-15(19)20)7-12(9-13)10-17-6-2-1-3-14(17)18/h1-9H,10H2,(H,19,20). The van der Waals surface area contributed by atoms with Crippen LogP contribution in [-0.4, -0.2) is 15.6 Å². The van der Waals surface area contributed by atoms with Gasteiger partial charge in [-0.2, -0.15) is 0 Å². The van der Waals surface area contributed by atoms with Crippen LogP contribution in [0.25, 0.3) is 6.08 Å². The van der Waals surface area contributed by atoms with Gasteiger partial charge in [-0.3, -0.25) is 4.79 Å². The predicted octanol–water partition coefficient (Wildman–Crippen LogP) is 2.13. The largest absolute Gasteiger partial charge is 0.478 e. The first kappa shape index (κ1) is 13.7. The summed E-state index contributed by atoms with van der Waals surface area (Å²) in [6.45, 7) is 0.228. The van der Waals surface area contributed by atoms with Crippen LogP contribution >= 0.6 is 0 Å². The Hall–Kier alpha value is -2.69. The SMILES string of the molecule is O=C(O)C=Cc1cc(F)cc(Cn2ccccc2=O)c1. The van der Waals surface area contributed by atoms with Crippen LogP contribution in [0.1, 0.15) is 11.1 Å². The van der Waals surface area contributed by atoms with Crippen LogP contribution in [0.2, 0.25) is 0 Å². The first-order chi connectivity index (χ1) is 9.54. The summed E-state index contributed by atoms with van der Waals surface area (Å²) in [6, 6.07) is 8.96. The van der Waals surface area contributed by atoms with Gasteiger partial charge in [-0.25, -0.2) is 9.18 Å². The number of hydrogen-bond acceptors (Lipinski definition) is 2. The number of halogens is 1. The molecule has 0 unspecified atom stereocenters. The van der Waals surface area contributed by atoms with Gasteiger partial charge in [-0.05, 0) is 41.5 Å². The Balaban J connectivity index is 2.31. The van der Waals surface area contributed by atoms with Crippen molar-refractivity contribution in [2.45, 2.75) is 6.54 Å². The molecule has 1 aromatic carbocycles. The molecule has 0 bridgehead atoms. The second-order valence-corrected chi connectivity index (χ2v) is 4.23. The number of carbonyl (C=O) groups is 1. The van der Waals surface area contributed by atoms with Crippen LogP contribution in [0.5, 0.6) is 0 Å². The fourth-order valence-corrected chi connectivity index (χ4v) is 1.82. The van der Waals surface area contributed by atoms with Crippen molar-refractivity contribution in [3.8, 4) is 0 Å². The second-order valence-electron chi connectivity index (χ2n) is 4.23. The van der Waals surface area contributed by atoms with Crippen LogP contribution in [0.3, 0.4) is 0 Å². The van der Waals surface area contributed by atoms with Crippen molar-refractivity contribution in [2.24, 2.45) is 0 Å². The van der Waals surface area contributed by atoms with Gasteiger partial charge < -0.3 is 9.67 Å². The van der Waals surface area contributed by atoms with E-state index in [2.05, 4.69) is 0 Å². The third kappa shape index (κ3) is 3.65. The molecule has 1 N–H and O–H groups in total. The third-order valence-corrected chi connectivity index (χ3v) is 2.65. The van der Waals surface area contributed by atoms with E-state index in [4.69, 9.17) is 5.11 Å². The summed E-state index contributed by atoms with van der Waals surface area (Å²) >= 11 is 0. The number of carboxylic acids is 1. The molecule has 0 saturated heterocycles. The molecule has 20 heavy (non-hydrogen) atoms. The average molecular weight is 273 g/mol. The number of pyridine rings is 1. The molecule has 1 aromatic heterocycles. The maximum Gasteiger partial charge on any atom is 0.328 e. The molecule has 1 heterocycles. The molecule has 0 radical (unpaired) electrons. The summed E-state index contributed by atoms with van der Waals surface area (Å²) in [5.41, 5.74) is 0.842. The summed E-state index contributed by atoms with van der Waals surface area (Å²) in [5, 5.41) is 8.56. The van der Waals surface area contributed by atoms with Gasteiger partial charge in [0.25, 0.3) is 5.56 Å². The Labute approximate surface area is 114 Å². The van der Waals surface area contributed by atoms with Crippen LogP contribution in [0.4, 0.5) is 4.39 Å². The van der Waals surface area contributed by atoms with E-state index in [1.807, 2.05) is 0 Å². The molecule has 0 aliphatic heterocycles. The summed E-state index contributed by atoms with van der Waals surface area (Å²) < 4.78 is 14.9. The molecule has 2 rings (SSSR count). The van der Waals surface area contributed by atoms with Gasteiger partial charge in [-0.15, -0.1) is 0 Å². The number of aliphatic carboxylic acids is 1. The number of nitrogens with zero attached hydrogens (tertiary/aromatic N) is 1. The fourth-order valence-electron chi connectivity index (χ4n) is 1.82. The van der Waals surface area contributed by atoms with Crippen LogP contribution in [-0.2, 0) is 11.3 Å². The molecule has 2 aromatic rings. The number of benzene rings is 1. The van der Waals surface area contributed by atoms with Gasteiger partial charge in [0.1, 0.15) is 5.82 Å². The van der Waals surface area contributed by atoms with E-state index < -0.39 is 11.8 Å². The topological polar surface area (TPSA) is 59.3 Å². The Morgan fingerprint density at radius 3 is 2.80 bits per heavy atom. The van der Waals surface area contributed by atoms with E-state index in [0.29, 0.717) is 11.1 Å². The highest BCUT2D eigenvalue weighted by molar-refractivity contribution is 5.85. The van der Waals surface area contributed by atoms with Gasteiger partial charge in [0, 0.05) is 18.3 Å². The lowest BCUT2D eigenvalue weighted by Crippen LogP contribution is -2.18. The van der Waals surface area contributed by atoms with E-state index in [1.54, 1.807) is 24.4 Å². The zero-order valence-electron chi connectivity index (χ0n) is 10.5. The fraction of sp³-hybridized carbons (Fsp3) is 0.0667. The molecule has 102 valence electrons. The van der Waals surface area contributed by atoms with Gasteiger partial charge in [-0.1, -0.05) is 6.07 Å². The summed E-state index contributed by atoms with van der Waals surface area (Å²) in [6.07, 6.45) is 3.86. The van der Waals surface area contributed by atoms with Crippen molar-refractivity contribution >= 4 is 12.0 Å². The van der Waals surface area contributed by atoms with Crippen molar-refractivity contribution in [2.75, 3.05) is 0 Å². The lowest BCUT2D eigenvalue weighted by atomic mass is 10.1. The Bertz CT molecular complexity index is 719. The molecule has 5 heteroatoms. The molecule has 0 amide bonds. The highest BCUT2D eigenvalue weighted by Gasteiger charge is 2.02. The monoisotopic (exact) mass is 273 g/mol. The number of carboxylic acid groups (broad SMARTS) is 1. The average Bonchev–Trinajstić information content (AvgIpc) is 2.38. The van der Waals surface area contributed by atoms with Crippen molar-refractivity contribution in [1.29, 1.82) is 0 Å². The third-order valence-electron chi connectivity index (χ3n) is 2.65. The zero-order valence-corrected chi connectivity index (χ0v) is 10.5. The Morgan fingerprint density at radius 1 is 1.30 bits per heavy atom. The molecule has 0 aliphatic carbocycles. The van der Waals surface area contributed by atoms with Crippen molar-refractivity contribution < 1.29 is 14.3 Å². The number of hydrogen-bond donors (Lipinski definition) is 1. The van der Waals surface area contributed by atoms with E-state index in [9.17, 15) is 14.0 Å². The van der Waals surface area contributed by atoms with Crippen LogP contribution in [0, 0.1) is 5.82 Å². The lowest BCUT2D eigenvalue weighted by Gasteiger charge is -2.06. The van der Waals surface area contributed by atoms with E-state index in [0.717, 1.165) is 6.08 Å². The highest BCUT2D eigenvalue weighted by atomic mass is 19.1. The van der Waals surface area contributed by atoms with Gasteiger partial charge in [0.05, 0.1) is 6.54 Å². The zero-order chi connectivity index (χ0) is 14.5. The molecule has 0 atom stereocenters. The van der Waals surface area contributed by atoms with Gasteiger partial charge in [0.2, 0.25) is 0 Å². The smallest absolute Gasteiger partial charge is 0.328 e. The first-order valence-electron chi connectivity index (χ1n) is 5.90. The van der Waals surface area contributed by atoms with Crippen molar-refractivity contribution in [3.05, 3.63) is 76.0 Å². The van der Waals surface area contributed by atoms with E-state index >= 15 is 0 Å². The molecular weight excluding hydrogens is 261 g/mol. The summed E-state index contributed by atoms with van der Waals surface area (Å²) in [7, 11) is 0. The maximum atomic E-state index is 13.5. The maximum absolute atomic E-state index is 13.5.